The van der Waals surface area contributed by atoms with Gasteiger partial charge in [0, 0.05) is 0 Å². The van der Waals surface area contributed by atoms with Crippen molar-refractivity contribution in [2.24, 2.45) is 20.5 Å². The molecule has 224 valence electrons. The zero-order valence-corrected chi connectivity index (χ0v) is 30.3. The Morgan fingerprint density at radius 3 is 1.64 bits per heavy atom. The second-order valence-electron chi connectivity index (χ2n) is 8.43. The molecule has 4 aromatic rings. The number of aromatic hydroxyl groups is 2. The van der Waals surface area contributed by atoms with Crippen LogP contribution in [0, 0.1) is 0 Å². The molecule has 0 spiro atoms. The Morgan fingerprint density at radius 2 is 1.20 bits per heavy atom. The van der Waals surface area contributed by atoms with Crippen molar-refractivity contribution >= 4 is 78.3 Å². The van der Waals surface area contributed by atoms with Crippen LogP contribution in [0.2, 0.25) is 0 Å². The molecule has 0 heterocycles. The smallest absolute Gasteiger partial charge is 0.0455 e. The quantitative estimate of drug-likeness (QED) is 0.0658. The minimum atomic E-state index is -5.60. The Morgan fingerprint density at radius 1 is 0.733 bits per heavy atom. The summed E-state index contributed by atoms with van der Waals surface area (Å²) in [5.41, 5.74) is -2.76. The van der Waals surface area contributed by atoms with Crippen molar-refractivity contribution in [1.29, 1.82) is 0 Å². The van der Waals surface area contributed by atoms with Gasteiger partial charge in [-0.25, -0.2) is 4.79 Å². The van der Waals surface area contributed by atoms with Gasteiger partial charge in [0.2, 0.25) is 0 Å². The molecule has 0 radical (unpaired) electrons. The van der Waals surface area contributed by atoms with Crippen LogP contribution in [0.25, 0.3) is 10.8 Å². The first-order valence-electron chi connectivity index (χ1n) is 11.2. The molecule has 0 amide bonds. The minimum absolute atomic E-state index is 0. The van der Waals surface area contributed by atoms with E-state index in [0.29, 0.717) is 12.1 Å². The Kier molecular flexibility index (Phi) is 12.5. The normalized spacial score (nSPS) is 12.3. The second-order valence-corrected chi connectivity index (χ2v) is 14.4. The summed E-state index contributed by atoms with van der Waals surface area (Å²) >= 11 is -5.60. The van der Waals surface area contributed by atoms with Crippen LogP contribution in [0.4, 0.5) is 22.7 Å². The van der Waals surface area contributed by atoms with Crippen molar-refractivity contribution in [3.05, 3.63) is 66.2 Å². The summed E-state index contributed by atoms with van der Waals surface area (Å²) in [5.74, 6) is -3.74. The topological polar surface area (TPSA) is 299 Å². The van der Waals surface area contributed by atoms with Crippen molar-refractivity contribution in [1.82, 2.24) is 0 Å². The van der Waals surface area contributed by atoms with Crippen molar-refractivity contribution in [3.8, 4) is 11.5 Å². The van der Waals surface area contributed by atoms with Gasteiger partial charge < -0.3 is 5.11 Å². The van der Waals surface area contributed by atoms with Crippen LogP contribution in [0.3, 0.4) is 0 Å². The van der Waals surface area contributed by atoms with Gasteiger partial charge in [-0.2, -0.15) is 0 Å². The molecule has 0 bridgehead atoms. The summed E-state index contributed by atoms with van der Waals surface area (Å²) in [6.07, 6.45) is 0. The average molecular weight is 740 g/mol. The van der Waals surface area contributed by atoms with Gasteiger partial charge in [-0.15, -0.1) is 0 Å². The minimum Gasteiger partial charge on any atom is -0.0455 e. The van der Waals surface area contributed by atoms with Crippen molar-refractivity contribution in [2.75, 3.05) is 0 Å². The SMILES string of the molecule is O=C(O)c1ccc(N=Nc2c(S(=O)(=O)[O-])cc3cc(S(=O)(=O)[O-])c(N=Nc4ccccc4[As](=O)(O)O)c(O)c3c2O)cc1.[Na+].[Na+]. The molecule has 0 aliphatic carbocycles. The Labute approximate surface area is 300 Å². The monoisotopic (exact) mass is 740 g/mol. The Hall–Kier alpha value is -2.49. The number of fused-ring (bicyclic) bond motifs is 1. The van der Waals surface area contributed by atoms with Gasteiger partial charge in [-0.05, 0) is 24.3 Å². The van der Waals surface area contributed by atoms with E-state index in [2.05, 4.69) is 20.5 Å². The van der Waals surface area contributed by atoms with Gasteiger partial charge in [0.05, 0.1) is 5.56 Å². The molecule has 5 N–H and O–H groups in total. The van der Waals surface area contributed by atoms with Gasteiger partial charge in [0.1, 0.15) is 0 Å². The molecular weight excluding hydrogens is 725 g/mol. The third-order valence-electron chi connectivity index (χ3n) is 5.62. The van der Waals surface area contributed by atoms with Crippen LogP contribution in [0.15, 0.2) is 90.9 Å². The largest absolute Gasteiger partial charge is 1.00 e. The van der Waals surface area contributed by atoms with Crippen LogP contribution in [0.5, 0.6) is 11.5 Å². The third-order valence-corrected chi connectivity index (χ3v) is 9.43. The number of hydrogen-bond donors (Lipinski definition) is 5. The van der Waals surface area contributed by atoms with E-state index in [-0.39, 0.29) is 70.4 Å². The first kappa shape index (κ1) is 38.7. The van der Waals surface area contributed by atoms with Crippen LogP contribution in [-0.2, 0) is 24.0 Å². The van der Waals surface area contributed by atoms with E-state index in [1.54, 1.807) is 0 Å². The van der Waals surface area contributed by atoms with Gasteiger partial charge >= 0.3 is 264 Å². The molecule has 4 rings (SSSR count). The zero-order valence-electron chi connectivity index (χ0n) is 22.8. The summed E-state index contributed by atoms with van der Waals surface area (Å²) in [6, 6.07) is 10.3. The summed E-state index contributed by atoms with van der Waals surface area (Å²) in [5, 5.41) is 43.8. The molecule has 0 atom stereocenters. The van der Waals surface area contributed by atoms with Gasteiger partial charge in [0.25, 0.3) is 0 Å². The van der Waals surface area contributed by atoms with E-state index in [4.69, 9.17) is 5.11 Å². The number of nitrogens with zero attached hydrogens (tertiary/aromatic N) is 4. The van der Waals surface area contributed by atoms with Crippen LogP contribution in [0.1, 0.15) is 10.4 Å². The predicted molar refractivity (Wildman–Crippen MR) is 142 cm³/mol. The number of phenolic OH excluding ortho intramolecular Hbond substituents is 2. The van der Waals surface area contributed by atoms with Crippen molar-refractivity contribution < 1.29 is 117 Å². The molecule has 0 aliphatic heterocycles. The fourth-order valence-electron chi connectivity index (χ4n) is 3.71. The summed E-state index contributed by atoms with van der Waals surface area (Å²) < 4.78 is 103. The summed E-state index contributed by atoms with van der Waals surface area (Å²) in [6.45, 7) is 0. The molecule has 0 saturated heterocycles. The second kappa shape index (κ2) is 14.5. The number of aromatic carboxylic acids is 1. The first-order chi connectivity index (χ1) is 19.9. The summed E-state index contributed by atoms with van der Waals surface area (Å²) in [4.78, 5) is 8.51. The van der Waals surface area contributed by atoms with Crippen molar-refractivity contribution in [2.45, 2.75) is 9.79 Å². The number of carboxylic acids is 1. The van der Waals surface area contributed by atoms with E-state index in [1.807, 2.05) is 0 Å². The zero-order chi connectivity index (χ0) is 31.9. The molecule has 22 heteroatoms. The van der Waals surface area contributed by atoms with Gasteiger partial charge in [-0.1, -0.05) is 0 Å². The van der Waals surface area contributed by atoms with Crippen LogP contribution < -0.4 is 63.5 Å². The fraction of sp³-hybridized carbons (Fsp3) is 0. The number of benzene rings is 4. The molecule has 0 saturated carbocycles. The molecular formula is C23H15AsN4Na2O13S2. The molecule has 4 aromatic carbocycles. The van der Waals surface area contributed by atoms with Gasteiger partial charge in [0.15, 0.2) is 0 Å². The number of carboxylic acid groups (broad SMARTS) is 1. The first-order valence-corrected chi connectivity index (χ1v) is 17.4. The number of azo groups is 2. The number of rotatable bonds is 8. The predicted octanol–water partition coefficient (Wildman–Crippen LogP) is -3.84. The Bertz CT molecular complexity index is 2140. The van der Waals surface area contributed by atoms with Crippen LogP contribution in [-0.4, -0.2) is 69.6 Å². The van der Waals surface area contributed by atoms with E-state index in [9.17, 15) is 52.9 Å². The molecule has 0 aliphatic rings. The third kappa shape index (κ3) is 8.66. The molecule has 45 heavy (non-hydrogen) atoms. The number of carbonyl (C=O) groups is 1. The molecule has 0 fully saturated rings. The maximum Gasteiger partial charge on any atom is 1.00 e. The number of phenols is 2. The fourth-order valence-corrected chi connectivity index (χ4v) is 6.47. The average Bonchev–Trinajstić information content (AvgIpc) is 2.90. The molecule has 0 aromatic heterocycles. The van der Waals surface area contributed by atoms with Crippen molar-refractivity contribution in [3.63, 3.8) is 0 Å². The molecule has 17 nitrogen and oxygen atoms in total. The Balaban J connectivity index is 0.00000353. The van der Waals surface area contributed by atoms with E-state index in [0.717, 1.165) is 36.4 Å². The number of hydrogen-bond acceptors (Lipinski definition) is 14. The maximum absolute atomic E-state index is 12.0. The molecule has 0 unspecified atom stereocenters. The van der Waals surface area contributed by atoms with Gasteiger partial charge in [-0.3, -0.25) is 0 Å². The summed E-state index contributed by atoms with van der Waals surface area (Å²) in [7, 11) is -11.0. The van der Waals surface area contributed by atoms with Crippen LogP contribution >= 0.6 is 0 Å². The van der Waals surface area contributed by atoms with E-state index < -0.39 is 93.9 Å². The standard InChI is InChI=1S/C23H17AsN4O13S2.2Na/c29-21-18-12(9-16(42(36,37)38)19(21)27-25-13-7-5-11(6-8-13)23(31)32)10-17(43(39,40)41)20(22(18)30)28-26-15-4-2-1-3-14(15)24(33,34)35;;/h1-10,29-30H,(H,31,32)(H2,33,34,35)(H,36,37,38)(H,39,40,41);;/q;2*+1/p-2. The van der Waals surface area contributed by atoms with E-state index >= 15 is 0 Å². The van der Waals surface area contributed by atoms with E-state index in [1.165, 1.54) is 12.1 Å². The maximum atomic E-state index is 12.0.